The Hall–Kier alpha value is 0.230. The van der Waals surface area contributed by atoms with Crippen LogP contribution in [0.1, 0.15) is 12.8 Å². The molecule has 1 aliphatic heterocycles. The SMILES string of the molecule is CNNSC1CCOCC1. The third-order valence-electron chi connectivity index (χ3n) is 1.50. The van der Waals surface area contributed by atoms with Crippen molar-refractivity contribution in [2.75, 3.05) is 20.3 Å². The molecule has 2 N–H and O–H groups in total. The highest BCUT2D eigenvalue weighted by atomic mass is 32.2. The normalized spacial score (nSPS) is 21.3. The Kier molecular flexibility index (Phi) is 4.13. The molecule has 1 heterocycles. The maximum absolute atomic E-state index is 5.22. The summed E-state index contributed by atoms with van der Waals surface area (Å²) < 4.78 is 5.22. The van der Waals surface area contributed by atoms with Gasteiger partial charge >= 0.3 is 0 Å². The van der Waals surface area contributed by atoms with E-state index in [-0.39, 0.29) is 0 Å². The fourth-order valence-electron chi connectivity index (χ4n) is 0.936. The van der Waals surface area contributed by atoms with Gasteiger partial charge in [-0.3, -0.25) is 5.43 Å². The van der Waals surface area contributed by atoms with Crippen LogP contribution in [0.2, 0.25) is 0 Å². The highest BCUT2D eigenvalue weighted by Gasteiger charge is 2.13. The summed E-state index contributed by atoms with van der Waals surface area (Å²) in [4.78, 5) is 3.03. The zero-order valence-corrected chi connectivity index (χ0v) is 7.04. The summed E-state index contributed by atoms with van der Waals surface area (Å²) in [6, 6.07) is 0. The number of hydrazine groups is 1. The molecular weight excluding hydrogens is 148 g/mol. The molecule has 0 aromatic carbocycles. The number of rotatable bonds is 3. The van der Waals surface area contributed by atoms with Crippen molar-refractivity contribution in [2.45, 2.75) is 18.1 Å². The van der Waals surface area contributed by atoms with Crippen LogP contribution in [0.15, 0.2) is 0 Å². The molecule has 0 aromatic heterocycles. The monoisotopic (exact) mass is 162 g/mol. The molecule has 0 spiro atoms. The molecular formula is C6H14N2OS. The number of ether oxygens (including phenoxy) is 1. The molecule has 0 aliphatic carbocycles. The standard InChI is InChI=1S/C6H14N2OS/c1-7-8-10-6-2-4-9-5-3-6/h6-8H,2-5H2,1H3. The van der Waals surface area contributed by atoms with E-state index in [4.69, 9.17) is 4.74 Å². The van der Waals surface area contributed by atoms with Gasteiger partial charge in [0.05, 0.1) is 0 Å². The minimum Gasteiger partial charge on any atom is -0.381 e. The quantitative estimate of drug-likeness (QED) is 0.469. The molecule has 0 bridgehead atoms. The van der Waals surface area contributed by atoms with Crippen molar-refractivity contribution in [3.63, 3.8) is 0 Å². The lowest BCUT2D eigenvalue weighted by Crippen LogP contribution is -2.26. The third kappa shape index (κ3) is 2.88. The summed E-state index contributed by atoms with van der Waals surface area (Å²) in [5.41, 5.74) is 2.89. The zero-order valence-electron chi connectivity index (χ0n) is 6.22. The average molecular weight is 162 g/mol. The summed E-state index contributed by atoms with van der Waals surface area (Å²) >= 11 is 1.76. The van der Waals surface area contributed by atoms with Gasteiger partial charge in [0.2, 0.25) is 0 Å². The van der Waals surface area contributed by atoms with Crippen LogP contribution < -0.4 is 10.3 Å². The van der Waals surface area contributed by atoms with Crippen LogP contribution in [0.5, 0.6) is 0 Å². The van der Waals surface area contributed by atoms with Crippen LogP contribution >= 0.6 is 11.9 Å². The summed E-state index contributed by atoms with van der Waals surface area (Å²) in [6.07, 6.45) is 2.33. The molecule has 60 valence electrons. The van der Waals surface area contributed by atoms with Gasteiger partial charge in [0, 0.05) is 18.5 Å². The van der Waals surface area contributed by atoms with Crippen LogP contribution in [0.3, 0.4) is 0 Å². The van der Waals surface area contributed by atoms with Gasteiger partial charge in [0.1, 0.15) is 0 Å². The second-order valence-corrected chi connectivity index (χ2v) is 3.39. The first-order valence-corrected chi connectivity index (χ1v) is 4.46. The molecule has 0 radical (unpaired) electrons. The van der Waals surface area contributed by atoms with E-state index in [0.29, 0.717) is 0 Å². The summed E-state index contributed by atoms with van der Waals surface area (Å²) in [5.74, 6) is 0. The predicted molar refractivity (Wildman–Crippen MR) is 43.6 cm³/mol. The summed E-state index contributed by atoms with van der Waals surface area (Å²) in [6.45, 7) is 1.84. The van der Waals surface area contributed by atoms with Crippen LogP contribution in [0.25, 0.3) is 0 Å². The third-order valence-corrected chi connectivity index (χ3v) is 2.62. The first-order chi connectivity index (χ1) is 4.93. The lowest BCUT2D eigenvalue weighted by molar-refractivity contribution is 0.0999. The molecule has 1 aliphatic rings. The van der Waals surface area contributed by atoms with E-state index >= 15 is 0 Å². The number of hydrogen-bond acceptors (Lipinski definition) is 4. The van der Waals surface area contributed by atoms with E-state index in [0.717, 1.165) is 18.5 Å². The minimum atomic E-state index is 0.723. The topological polar surface area (TPSA) is 33.3 Å². The minimum absolute atomic E-state index is 0.723. The van der Waals surface area contributed by atoms with Gasteiger partial charge < -0.3 is 4.74 Å². The van der Waals surface area contributed by atoms with Gasteiger partial charge in [-0.05, 0) is 19.9 Å². The second kappa shape index (κ2) is 4.96. The molecule has 1 fully saturated rings. The smallest absolute Gasteiger partial charge is 0.0477 e. The van der Waals surface area contributed by atoms with Gasteiger partial charge in [-0.1, -0.05) is 11.9 Å². The molecule has 0 unspecified atom stereocenters. The zero-order chi connectivity index (χ0) is 7.23. The Balaban J connectivity index is 2.02. The summed E-state index contributed by atoms with van der Waals surface area (Å²) in [5, 5.41) is 0.723. The molecule has 0 aromatic rings. The lowest BCUT2D eigenvalue weighted by atomic mass is 10.2. The van der Waals surface area contributed by atoms with Crippen LogP contribution in [-0.4, -0.2) is 25.5 Å². The average Bonchev–Trinajstić information content (AvgIpc) is 2.03. The van der Waals surface area contributed by atoms with Gasteiger partial charge in [-0.25, -0.2) is 4.83 Å². The highest BCUT2D eigenvalue weighted by molar-refractivity contribution is 7.97. The van der Waals surface area contributed by atoms with E-state index in [1.165, 1.54) is 12.8 Å². The molecule has 4 heteroatoms. The Bertz CT molecular complexity index is 85.8. The summed E-state index contributed by atoms with van der Waals surface area (Å²) in [7, 11) is 1.88. The first kappa shape index (κ1) is 8.33. The van der Waals surface area contributed by atoms with Crippen molar-refractivity contribution in [3.05, 3.63) is 0 Å². The van der Waals surface area contributed by atoms with Gasteiger partial charge in [-0.2, -0.15) is 0 Å². The van der Waals surface area contributed by atoms with E-state index < -0.39 is 0 Å². The maximum atomic E-state index is 5.22. The second-order valence-electron chi connectivity index (χ2n) is 2.28. The van der Waals surface area contributed by atoms with E-state index in [2.05, 4.69) is 10.3 Å². The van der Waals surface area contributed by atoms with E-state index in [1.807, 2.05) is 7.05 Å². The molecule has 1 saturated heterocycles. The van der Waals surface area contributed by atoms with Gasteiger partial charge in [0.25, 0.3) is 0 Å². The highest BCUT2D eigenvalue weighted by Crippen LogP contribution is 2.17. The van der Waals surface area contributed by atoms with Gasteiger partial charge in [-0.15, -0.1) is 0 Å². The predicted octanol–water partition coefficient (Wildman–Crippen LogP) is 0.538. The molecule has 0 saturated carbocycles. The lowest BCUT2D eigenvalue weighted by Gasteiger charge is -2.20. The largest absolute Gasteiger partial charge is 0.381 e. The Morgan fingerprint density at radius 2 is 2.10 bits per heavy atom. The number of nitrogens with one attached hydrogen (secondary N) is 2. The van der Waals surface area contributed by atoms with E-state index in [9.17, 15) is 0 Å². The van der Waals surface area contributed by atoms with Crippen molar-refractivity contribution in [1.29, 1.82) is 0 Å². The van der Waals surface area contributed by atoms with Crippen LogP contribution in [0.4, 0.5) is 0 Å². The Morgan fingerprint density at radius 3 is 2.70 bits per heavy atom. The van der Waals surface area contributed by atoms with Crippen molar-refractivity contribution in [3.8, 4) is 0 Å². The Morgan fingerprint density at radius 1 is 1.40 bits per heavy atom. The van der Waals surface area contributed by atoms with E-state index in [1.54, 1.807) is 11.9 Å². The number of hydrogen-bond donors (Lipinski definition) is 2. The molecule has 0 atom stereocenters. The van der Waals surface area contributed by atoms with Crippen molar-refractivity contribution < 1.29 is 4.74 Å². The molecule has 0 amide bonds. The molecule has 10 heavy (non-hydrogen) atoms. The van der Waals surface area contributed by atoms with Crippen molar-refractivity contribution in [1.82, 2.24) is 10.3 Å². The maximum Gasteiger partial charge on any atom is 0.0477 e. The Labute approximate surface area is 66.0 Å². The molecule has 3 nitrogen and oxygen atoms in total. The van der Waals surface area contributed by atoms with Gasteiger partial charge in [0.15, 0.2) is 0 Å². The van der Waals surface area contributed by atoms with Crippen molar-refractivity contribution in [2.24, 2.45) is 0 Å². The fraction of sp³-hybridized carbons (Fsp3) is 1.00. The van der Waals surface area contributed by atoms with Crippen LogP contribution in [-0.2, 0) is 4.74 Å². The van der Waals surface area contributed by atoms with Crippen molar-refractivity contribution >= 4 is 11.9 Å². The molecule has 1 rings (SSSR count). The van der Waals surface area contributed by atoms with Crippen LogP contribution in [0, 0.1) is 0 Å². The first-order valence-electron chi connectivity index (χ1n) is 3.58. The fourth-order valence-corrected chi connectivity index (χ4v) is 1.65.